The molecule has 5 heteroatoms. The van der Waals surface area contributed by atoms with Gasteiger partial charge in [0.15, 0.2) is 0 Å². The Morgan fingerprint density at radius 3 is 3.00 bits per heavy atom. The van der Waals surface area contributed by atoms with Crippen LogP contribution >= 0.6 is 15.9 Å². The molecule has 0 amide bonds. The highest BCUT2D eigenvalue weighted by atomic mass is 79.9. The number of ether oxygens (including phenoxy) is 2. The minimum Gasteiger partial charge on any atom is -0.375 e. The van der Waals surface area contributed by atoms with Gasteiger partial charge in [-0.15, -0.1) is 0 Å². The molecule has 17 heavy (non-hydrogen) atoms. The van der Waals surface area contributed by atoms with Gasteiger partial charge in [0.05, 0.1) is 16.8 Å². The normalized spacial score (nSPS) is 20.8. The quantitative estimate of drug-likeness (QED) is 0.857. The van der Waals surface area contributed by atoms with E-state index >= 15 is 0 Å². The van der Waals surface area contributed by atoms with Crippen molar-refractivity contribution in [1.82, 2.24) is 9.78 Å². The van der Waals surface area contributed by atoms with Gasteiger partial charge in [0.1, 0.15) is 11.9 Å². The molecule has 1 atom stereocenters. The Bertz CT molecular complexity index is 373. The maximum atomic E-state index is 5.76. The van der Waals surface area contributed by atoms with Gasteiger partial charge in [-0.05, 0) is 49.0 Å². The van der Waals surface area contributed by atoms with Crippen molar-refractivity contribution in [3.8, 4) is 0 Å². The summed E-state index contributed by atoms with van der Waals surface area (Å²) in [6.07, 6.45) is 3.50. The van der Waals surface area contributed by atoms with Gasteiger partial charge in [0.2, 0.25) is 0 Å². The minimum absolute atomic E-state index is 0.0930. The summed E-state index contributed by atoms with van der Waals surface area (Å²) in [5.41, 5.74) is 2.07. The predicted octanol–water partition coefficient (Wildman–Crippen LogP) is 3.19. The highest BCUT2D eigenvalue weighted by Gasteiger charge is 2.21. The van der Waals surface area contributed by atoms with E-state index in [1.54, 1.807) is 0 Å². The zero-order valence-corrected chi connectivity index (χ0v) is 12.0. The lowest BCUT2D eigenvalue weighted by atomic mass is 10.2. The molecule has 1 aromatic rings. The third kappa shape index (κ3) is 2.89. The maximum Gasteiger partial charge on any atom is 0.150 e. The fraction of sp³-hybridized carbons (Fsp3) is 0.750. The van der Waals surface area contributed by atoms with E-state index in [1.165, 1.54) is 6.42 Å². The standard InChI is InChI=1S/C12H19BrN2O2/c1-3-16-8-10-12(13)9(2)15(14-10)11-6-4-5-7-17-11/h11H,3-8H2,1-2H3. The lowest BCUT2D eigenvalue weighted by molar-refractivity contribution is -0.0411. The third-order valence-corrected chi connectivity index (χ3v) is 4.05. The summed E-state index contributed by atoms with van der Waals surface area (Å²) in [6, 6.07) is 0. The average molecular weight is 303 g/mol. The fourth-order valence-corrected chi connectivity index (χ4v) is 2.42. The van der Waals surface area contributed by atoms with Crippen molar-refractivity contribution in [2.75, 3.05) is 13.2 Å². The van der Waals surface area contributed by atoms with E-state index in [1.807, 2.05) is 11.6 Å². The molecule has 0 spiro atoms. The van der Waals surface area contributed by atoms with Crippen molar-refractivity contribution in [2.45, 2.75) is 45.9 Å². The Morgan fingerprint density at radius 2 is 2.35 bits per heavy atom. The van der Waals surface area contributed by atoms with E-state index in [0.29, 0.717) is 13.2 Å². The lowest BCUT2D eigenvalue weighted by Crippen LogP contribution is -2.20. The van der Waals surface area contributed by atoms with Gasteiger partial charge in [-0.3, -0.25) is 0 Å². The Hall–Kier alpha value is -0.390. The molecule has 4 nitrogen and oxygen atoms in total. The Morgan fingerprint density at radius 1 is 1.53 bits per heavy atom. The van der Waals surface area contributed by atoms with Crippen molar-refractivity contribution in [3.63, 3.8) is 0 Å². The van der Waals surface area contributed by atoms with Crippen LogP contribution in [0.15, 0.2) is 4.47 Å². The Labute approximate surface area is 110 Å². The van der Waals surface area contributed by atoms with E-state index in [9.17, 15) is 0 Å². The summed E-state index contributed by atoms with van der Waals surface area (Å²) in [6.45, 7) is 6.14. The zero-order chi connectivity index (χ0) is 12.3. The molecule has 2 rings (SSSR count). The third-order valence-electron chi connectivity index (χ3n) is 3.01. The number of halogens is 1. The van der Waals surface area contributed by atoms with Crippen LogP contribution in [0, 0.1) is 6.92 Å². The van der Waals surface area contributed by atoms with Gasteiger partial charge in [0.25, 0.3) is 0 Å². The molecular formula is C12H19BrN2O2. The molecule has 0 aliphatic carbocycles. The maximum absolute atomic E-state index is 5.76. The topological polar surface area (TPSA) is 36.3 Å². The van der Waals surface area contributed by atoms with E-state index in [0.717, 1.165) is 35.3 Å². The molecule has 1 aliphatic rings. The van der Waals surface area contributed by atoms with Crippen LogP contribution in [-0.2, 0) is 16.1 Å². The van der Waals surface area contributed by atoms with Crippen molar-refractivity contribution in [3.05, 3.63) is 15.9 Å². The largest absolute Gasteiger partial charge is 0.375 e. The minimum atomic E-state index is 0.0930. The average Bonchev–Trinajstić information content (AvgIpc) is 2.65. The molecule has 1 saturated heterocycles. The molecular weight excluding hydrogens is 284 g/mol. The van der Waals surface area contributed by atoms with Gasteiger partial charge in [-0.25, -0.2) is 4.68 Å². The van der Waals surface area contributed by atoms with Gasteiger partial charge in [0, 0.05) is 13.2 Å². The van der Waals surface area contributed by atoms with E-state index in [2.05, 4.69) is 28.0 Å². The Kier molecular flexibility index (Phi) is 4.59. The smallest absolute Gasteiger partial charge is 0.150 e. The number of rotatable bonds is 4. The van der Waals surface area contributed by atoms with Crippen LogP contribution in [0.4, 0.5) is 0 Å². The van der Waals surface area contributed by atoms with Gasteiger partial charge in [-0.2, -0.15) is 5.10 Å². The summed E-state index contributed by atoms with van der Waals surface area (Å²) in [5, 5.41) is 4.59. The molecule has 96 valence electrons. The highest BCUT2D eigenvalue weighted by molar-refractivity contribution is 9.10. The summed E-state index contributed by atoms with van der Waals surface area (Å²) < 4.78 is 14.2. The fourth-order valence-electron chi connectivity index (χ4n) is 2.05. The summed E-state index contributed by atoms with van der Waals surface area (Å²) in [4.78, 5) is 0. The first kappa shape index (κ1) is 13.1. The molecule has 0 bridgehead atoms. The first-order valence-corrected chi connectivity index (χ1v) is 6.96. The van der Waals surface area contributed by atoms with Crippen LogP contribution in [0.5, 0.6) is 0 Å². The summed E-state index contributed by atoms with van der Waals surface area (Å²) >= 11 is 3.58. The molecule has 0 saturated carbocycles. The van der Waals surface area contributed by atoms with Crippen LogP contribution in [0.2, 0.25) is 0 Å². The van der Waals surface area contributed by atoms with Crippen molar-refractivity contribution < 1.29 is 9.47 Å². The van der Waals surface area contributed by atoms with E-state index in [4.69, 9.17) is 9.47 Å². The molecule has 1 fully saturated rings. The molecule has 1 unspecified atom stereocenters. The first-order chi connectivity index (χ1) is 8.24. The van der Waals surface area contributed by atoms with Gasteiger partial charge < -0.3 is 9.47 Å². The first-order valence-electron chi connectivity index (χ1n) is 6.17. The van der Waals surface area contributed by atoms with Crippen LogP contribution < -0.4 is 0 Å². The molecule has 2 heterocycles. The van der Waals surface area contributed by atoms with Crippen molar-refractivity contribution in [1.29, 1.82) is 0 Å². The lowest BCUT2D eigenvalue weighted by Gasteiger charge is -2.23. The number of nitrogens with zero attached hydrogens (tertiary/aromatic N) is 2. The van der Waals surface area contributed by atoms with Crippen LogP contribution in [-0.4, -0.2) is 23.0 Å². The predicted molar refractivity (Wildman–Crippen MR) is 68.8 cm³/mol. The molecule has 0 radical (unpaired) electrons. The van der Waals surface area contributed by atoms with Crippen molar-refractivity contribution >= 4 is 15.9 Å². The van der Waals surface area contributed by atoms with Gasteiger partial charge in [-0.1, -0.05) is 0 Å². The Balaban J connectivity index is 2.16. The number of aromatic nitrogens is 2. The molecule has 0 N–H and O–H groups in total. The highest BCUT2D eigenvalue weighted by Crippen LogP contribution is 2.28. The monoisotopic (exact) mass is 302 g/mol. The molecule has 1 aliphatic heterocycles. The van der Waals surface area contributed by atoms with Gasteiger partial charge >= 0.3 is 0 Å². The van der Waals surface area contributed by atoms with Crippen LogP contribution in [0.3, 0.4) is 0 Å². The zero-order valence-electron chi connectivity index (χ0n) is 10.4. The van der Waals surface area contributed by atoms with E-state index < -0.39 is 0 Å². The van der Waals surface area contributed by atoms with E-state index in [-0.39, 0.29) is 6.23 Å². The van der Waals surface area contributed by atoms with Crippen LogP contribution in [0.25, 0.3) is 0 Å². The second-order valence-corrected chi connectivity index (χ2v) is 5.04. The second-order valence-electron chi connectivity index (χ2n) is 4.25. The number of hydrogen-bond donors (Lipinski definition) is 0. The summed E-state index contributed by atoms with van der Waals surface area (Å²) in [5.74, 6) is 0. The number of hydrogen-bond acceptors (Lipinski definition) is 3. The van der Waals surface area contributed by atoms with Crippen molar-refractivity contribution in [2.24, 2.45) is 0 Å². The SMILES string of the molecule is CCOCc1nn(C2CCCCO2)c(C)c1Br. The van der Waals surface area contributed by atoms with Crippen LogP contribution in [0.1, 0.15) is 43.8 Å². The molecule has 0 aromatic carbocycles. The molecule has 1 aromatic heterocycles. The second kappa shape index (κ2) is 5.98. The summed E-state index contributed by atoms with van der Waals surface area (Å²) in [7, 11) is 0.